The van der Waals surface area contributed by atoms with Crippen molar-refractivity contribution in [1.29, 1.82) is 0 Å². The number of aromatic nitrogens is 3. The Morgan fingerprint density at radius 1 is 1.22 bits per heavy atom. The number of benzene rings is 1. The van der Waals surface area contributed by atoms with Crippen LogP contribution in [0.3, 0.4) is 0 Å². The maximum Gasteiger partial charge on any atom is 0.255 e. The number of anilines is 1. The Labute approximate surface area is 153 Å². The lowest BCUT2D eigenvalue weighted by molar-refractivity contribution is -0.122. The molecule has 3 aromatic rings. The summed E-state index contributed by atoms with van der Waals surface area (Å²) in [5, 5.41) is 10.2. The van der Waals surface area contributed by atoms with Gasteiger partial charge in [-0.05, 0) is 31.0 Å². The minimum atomic E-state index is -0.899. The van der Waals surface area contributed by atoms with E-state index in [4.69, 9.17) is 0 Å². The van der Waals surface area contributed by atoms with Gasteiger partial charge in [-0.15, -0.1) is 0 Å². The number of hydrogen-bond donors (Lipinski definition) is 2. The zero-order chi connectivity index (χ0) is 18.6. The molecule has 2 aliphatic rings. The number of amides is 2. The number of fused-ring (bicyclic) bond motifs is 3. The van der Waals surface area contributed by atoms with Crippen molar-refractivity contribution in [3.05, 3.63) is 53.6 Å². The number of carbonyl (C=O) groups excluding carboxylic acids is 2. The third-order valence-corrected chi connectivity index (χ3v) is 5.62. The molecule has 2 amide bonds. The number of piperidine rings is 1. The van der Waals surface area contributed by atoms with Crippen LogP contribution in [0, 0.1) is 5.82 Å². The third-order valence-electron chi connectivity index (χ3n) is 5.62. The molecule has 2 aromatic heterocycles. The first kappa shape index (κ1) is 15.9. The molecule has 8 heteroatoms. The van der Waals surface area contributed by atoms with Gasteiger partial charge in [0.1, 0.15) is 5.82 Å². The number of hydrogen-bond acceptors (Lipinski definition) is 4. The van der Waals surface area contributed by atoms with Crippen LogP contribution in [0.25, 0.3) is 11.0 Å². The second-order valence-electron chi connectivity index (χ2n) is 7.02. The van der Waals surface area contributed by atoms with Crippen LogP contribution >= 0.6 is 0 Å². The third kappa shape index (κ3) is 2.26. The number of H-pyrrole nitrogens is 1. The van der Waals surface area contributed by atoms with E-state index in [9.17, 15) is 14.0 Å². The fourth-order valence-corrected chi connectivity index (χ4v) is 4.17. The van der Waals surface area contributed by atoms with Gasteiger partial charge >= 0.3 is 0 Å². The summed E-state index contributed by atoms with van der Waals surface area (Å²) in [6.45, 7) is 0.757. The molecule has 1 aromatic carbocycles. The van der Waals surface area contributed by atoms with Crippen LogP contribution in [-0.4, -0.2) is 45.0 Å². The van der Waals surface area contributed by atoms with E-state index in [0.29, 0.717) is 48.4 Å². The molecule has 136 valence electrons. The van der Waals surface area contributed by atoms with E-state index in [1.807, 2.05) is 0 Å². The van der Waals surface area contributed by atoms with Gasteiger partial charge in [0.15, 0.2) is 5.65 Å². The molecule has 1 saturated heterocycles. The van der Waals surface area contributed by atoms with Gasteiger partial charge in [0.2, 0.25) is 5.91 Å². The molecule has 0 saturated carbocycles. The first-order chi connectivity index (χ1) is 13.1. The molecule has 2 N–H and O–H groups in total. The smallest absolute Gasteiger partial charge is 0.255 e. The number of aromatic amines is 1. The van der Waals surface area contributed by atoms with Gasteiger partial charge < -0.3 is 10.2 Å². The van der Waals surface area contributed by atoms with Crippen LogP contribution in [0.4, 0.5) is 10.1 Å². The SMILES string of the molecule is O=C(c1cnc2[nH]ncc2c1)N1CCC2(CC1)C(=O)Nc1cccc(F)c12. The highest BCUT2D eigenvalue weighted by Crippen LogP contribution is 2.46. The summed E-state index contributed by atoms with van der Waals surface area (Å²) < 4.78 is 14.4. The predicted molar refractivity (Wildman–Crippen MR) is 95.7 cm³/mol. The number of halogens is 1. The minimum Gasteiger partial charge on any atom is -0.339 e. The molecule has 0 bridgehead atoms. The summed E-state index contributed by atoms with van der Waals surface area (Å²) in [5.41, 5.74) is 1.17. The van der Waals surface area contributed by atoms with Crippen LogP contribution in [-0.2, 0) is 10.2 Å². The van der Waals surface area contributed by atoms with Gasteiger partial charge in [0.25, 0.3) is 5.91 Å². The molecular formula is C19H16FN5O2. The highest BCUT2D eigenvalue weighted by atomic mass is 19.1. The number of carbonyl (C=O) groups is 2. The highest BCUT2D eigenvalue weighted by molar-refractivity contribution is 6.06. The largest absolute Gasteiger partial charge is 0.339 e. The topological polar surface area (TPSA) is 91.0 Å². The van der Waals surface area contributed by atoms with Crippen molar-refractivity contribution in [2.45, 2.75) is 18.3 Å². The van der Waals surface area contributed by atoms with Crippen LogP contribution in [0.2, 0.25) is 0 Å². The van der Waals surface area contributed by atoms with Crippen molar-refractivity contribution in [2.75, 3.05) is 18.4 Å². The van der Waals surface area contributed by atoms with Gasteiger partial charge in [-0.1, -0.05) is 6.07 Å². The normalized spacial score (nSPS) is 18.0. The number of nitrogens with zero attached hydrogens (tertiary/aromatic N) is 3. The van der Waals surface area contributed by atoms with Crippen molar-refractivity contribution in [1.82, 2.24) is 20.1 Å². The quantitative estimate of drug-likeness (QED) is 0.692. The number of rotatable bonds is 1. The van der Waals surface area contributed by atoms with Gasteiger partial charge in [0, 0.05) is 35.9 Å². The average molecular weight is 365 g/mol. The second-order valence-corrected chi connectivity index (χ2v) is 7.02. The maximum atomic E-state index is 14.4. The standard InChI is InChI=1S/C19H16FN5O2/c20-13-2-1-3-14-15(13)19(18(27)23-14)4-6-25(7-5-19)17(26)12-8-11-10-22-24-16(11)21-9-12/h1-3,8-10H,4-7H2,(H,23,27)(H,21,22,24). The van der Waals surface area contributed by atoms with E-state index in [0.717, 1.165) is 5.39 Å². The Kier molecular flexibility index (Phi) is 3.30. The van der Waals surface area contributed by atoms with E-state index in [1.54, 1.807) is 29.3 Å². The van der Waals surface area contributed by atoms with E-state index in [1.165, 1.54) is 12.3 Å². The lowest BCUT2D eigenvalue weighted by atomic mass is 9.73. The fourth-order valence-electron chi connectivity index (χ4n) is 4.17. The molecule has 0 atom stereocenters. The lowest BCUT2D eigenvalue weighted by Gasteiger charge is -2.38. The Hall–Kier alpha value is -3.29. The summed E-state index contributed by atoms with van der Waals surface area (Å²) in [5.74, 6) is -0.705. The molecule has 1 spiro atoms. The molecule has 7 nitrogen and oxygen atoms in total. The molecule has 2 aliphatic heterocycles. The summed E-state index contributed by atoms with van der Waals surface area (Å²) in [4.78, 5) is 31.4. The van der Waals surface area contributed by atoms with Gasteiger partial charge in [-0.3, -0.25) is 14.7 Å². The molecule has 1 fully saturated rings. The lowest BCUT2D eigenvalue weighted by Crippen LogP contribution is -2.48. The highest BCUT2D eigenvalue weighted by Gasteiger charge is 2.50. The van der Waals surface area contributed by atoms with Gasteiger partial charge in [-0.2, -0.15) is 5.10 Å². The maximum absolute atomic E-state index is 14.4. The molecule has 4 heterocycles. The number of pyridine rings is 1. The van der Waals surface area contributed by atoms with E-state index in [-0.39, 0.29) is 17.6 Å². The average Bonchev–Trinajstić information content (AvgIpc) is 3.25. The number of likely N-dealkylation sites (tertiary alicyclic amines) is 1. The molecule has 0 unspecified atom stereocenters. The summed E-state index contributed by atoms with van der Waals surface area (Å²) >= 11 is 0. The van der Waals surface area contributed by atoms with E-state index < -0.39 is 5.41 Å². The monoisotopic (exact) mass is 365 g/mol. The van der Waals surface area contributed by atoms with E-state index >= 15 is 0 Å². The molecule has 0 radical (unpaired) electrons. The van der Waals surface area contributed by atoms with Crippen molar-refractivity contribution in [2.24, 2.45) is 0 Å². The Balaban J connectivity index is 1.40. The summed E-state index contributed by atoms with van der Waals surface area (Å²) in [6, 6.07) is 6.43. The Morgan fingerprint density at radius 3 is 2.85 bits per heavy atom. The van der Waals surface area contributed by atoms with Gasteiger partial charge in [0.05, 0.1) is 17.2 Å². The summed E-state index contributed by atoms with van der Waals surface area (Å²) in [6.07, 6.45) is 3.91. The van der Waals surface area contributed by atoms with E-state index in [2.05, 4.69) is 20.5 Å². The second kappa shape index (κ2) is 5.60. The van der Waals surface area contributed by atoms with Crippen molar-refractivity contribution >= 4 is 28.5 Å². The first-order valence-corrected chi connectivity index (χ1v) is 8.77. The van der Waals surface area contributed by atoms with Crippen molar-refractivity contribution < 1.29 is 14.0 Å². The molecular weight excluding hydrogens is 349 g/mol. The summed E-state index contributed by atoms with van der Waals surface area (Å²) in [7, 11) is 0. The van der Waals surface area contributed by atoms with Gasteiger partial charge in [-0.25, -0.2) is 9.37 Å². The van der Waals surface area contributed by atoms with Crippen molar-refractivity contribution in [3.8, 4) is 0 Å². The zero-order valence-corrected chi connectivity index (χ0v) is 14.3. The Morgan fingerprint density at radius 2 is 2.04 bits per heavy atom. The fraction of sp³-hybridized carbons (Fsp3) is 0.263. The Bertz CT molecular complexity index is 1080. The zero-order valence-electron chi connectivity index (χ0n) is 14.3. The van der Waals surface area contributed by atoms with Crippen molar-refractivity contribution in [3.63, 3.8) is 0 Å². The molecule has 5 rings (SSSR count). The van der Waals surface area contributed by atoms with Crippen LogP contribution in [0.1, 0.15) is 28.8 Å². The van der Waals surface area contributed by atoms with Crippen LogP contribution in [0.15, 0.2) is 36.7 Å². The van der Waals surface area contributed by atoms with Crippen LogP contribution in [0.5, 0.6) is 0 Å². The predicted octanol–water partition coefficient (Wildman–Crippen LogP) is 2.22. The minimum absolute atomic E-state index is 0.146. The number of nitrogens with one attached hydrogen (secondary N) is 2. The first-order valence-electron chi connectivity index (χ1n) is 8.77. The van der Waals surface area contributed by atoms with Crippen LogP contribution < -0.4 is 5.32 Å². The molecule has 27 heavy (non-hydrogen) atoms. The molecule has 0 aliphatic carbocycles.